The summed E-state index contributed by atoms with van der Waals surface area (Å²) in [6.45, 7) is 4.25. The largest absolute Gasteiger partial charge is 0.342 e. The van der Waals surface area contributed by atoms with Crippen molar-refractivity contribution in [2.75, 3.05) is 11.6 Å². The standard InChI is InChI=1S/C13H14N4O/c1-8(18)10-6-11-12(16-9(2)15-11)7-13(10)17-5-3-4-14-17/h3,5-7,14H,4H2,1-2H3,(H,15,16). The number of hydrazine groups is 1. The van der Waals surface area contributed by atoms with E-state index in [1.54, 1.807) is 6.92 Å². The summed E-state index contributed by atoms with van der Waals surface area (Å²) < 4.78 is 0. The lowest BCUT2D eigenvalue weighted by molar-refractivity contribution is 0.101. The van der Waals surface area contributed by atoms with E-state index in [4.69, 9.17) is 0 Å². The van der Waals surface area contributed by atoms with Crippen LogP contribution in [-0.2, 0) is 0 Å². The van der Waals surface area contributed by atoms with Crippen LogP contribution in [0.25, 0.3) is 11.0 Å². The van der Waals surface area contributed by atoms with E-state index in [2.05, 4.69) is 15.4 Å². The second-order valence-corrected chi connectivity index (χ2v) is 4.38. The van der Waals surface area contributed by atoms with Crippen LogP contribution in [0.3, 0.4) is 0 Å². The zero-order valence-corrected chi connectivity index (χ0v) is 10.3. The summed E-state index contributed by atoms with van der Waals surface area (Å²) in [7, 11) is 0. The Labute approximate surface area is 104 Å². The van der Waals surface area contributed by atoms with E-state index in [1.165, 1.54) is 0 Å². The quantitative estimate of drug-likeness (QED) is 0.790. The summed E-state index contributed by atoms with van der Waals surface area (Å²) >= 11 is 0. The van der Waals surface area contributed by atoms with Gasteiger partial charge in [-0.3, -0.25) is 9.80 Å². The average Bonchev–Trinajstić information content (AvgIpc) is 2.93. The highest BCUT2D eigenvalue weighted by molar-refractivity contribution is 6.03. The van der Waals surface area contributed by atoms with E-state index in [-0.39, 0.29) is 5.78 Å². The fourth-order valence-electron chi connectivity index (χ4n) is 2.18. The Morgan fingerprint density at radius 3 is 2.94 bits per heavy atom. The van der Waals surface area contributed by atoms with Gasteiger partial charge in [0.25, 0.3) is 0 Å². The minimum atomic E-state index is 0.0428. The molecule has 0 unspecified atom stereocenters. The molecule has 2 heterocycles. The fourth-order valence-corrected chi connectivity index (χ4v) is 2.18. The zero-order valence-electron chi connectivity index (χ0n) is 10.3. The molecule has 1 aliphatic heterocycles. The number of aromatic amines is 1. The van der Waals surface area contributed by atoms with E-state index in [0.29, 0.717) is 5.56 Å². The summed E-state index contributed by atoms with van der Waals surface area (Å²) in [6.07, 6.45) is 3.93. The lowest BCUT2D eigenvalue weighted by Gasteiger charge is -2.18. The number of anilines is 1. The Morgan fingerprint density at radius 1 is 1.44 bits per heavy atom. The molecule has 2 N–H and O–H groups in total. The van der Waals surface area contributed by atoms with Gasteiger partial charge in [-0.2, -0.15) is 0 Å². The van der Waals surface area contributed by atoms with Crippen LogP contribution < -0.4 is 10.4 Å². The van der Waals surface area contributed by atoms with Crippen molar-refractivity contribution in [3.05, 3.63) is 35.8 Å². The maximum atomic E-state index is 11.8. The molecule has 0 saturated heterocycles. The number of hydrogen-bond acceptors (Lipinski definition) is 4. The maximum absolute atomic E-state index is 11.8. The molecule has 3 rings (SSSR count). The summed E-state index contributed by atoms with van der Waals surface area (Å²) in [5.74, 6) is 0.892. The predicted octanol–water partition coefficient (Wildman–Crippen LogP) is 1.91. The molecule has 5 heteroatoms. The molecule has 0 radical (unpaired) electrons. The second kappa shape index (κ2) is 3.96. The molecule has 1 aromatic heterocycles. The number of carbonyl (C=O) groups excluding carboxylic acids is 1. The van der Waals surface area contributed by atoms with Crippen LogP contribution in [0.5, 0.6) is 0 Å². The van der Waals surface area contributed by atoms with Gasteiger partial charge in [0.15, 0.2) is 5.78 Å². The second-order valence-electron chi connectivity index (χ2n) is 4.38. The van der Waals surface area contributed by atoms with Crippen LogP contribution in [0.1, 0.15) is 23.1 Å². The first kappa shape index (κ1) is 11.0. The lowest BCUT2D eigenvalue weighted by atomic mass is 10.1. The Kier molecular flexibility index (Phi) is 2.41. The third kappa shape index (κ3) is 1.69. The molecule has 5 nitrogen and oxygen atoms in total. The van der Waals surface area contributed by atoms with Crippen molar-refractivity contribution in [2.24, 2.45) is 0 Å². The number of rotatable bonds is 2. The van der Waals surface area contributed by atoms with Crippen molar-refractivity contribution in [3.63, 3.8) is 0 Å². The molecule has 0 atom stereocenters. The van der Waals surface area contributed by atoms with Gasteiger partial charge in [-0.25, -0.2) is 10.4 Å². The van der Waals surface area contributed by atoms with E-state index < -0.39 is 0 Å². The Hall–Kier alpha value is -2.14. The van der Waals surface area contributed by atoms with E-state index in [1.807, 2.05) is 36.3 Å². The smallest absolute Gasteiger partial charge is 0.162 e. The molecule has 0 spiro atoms. The minimum Gasteiger partial charge on any atom is -0.342 e. The number of imidazole rings is 1. The van der Waals surface area contributed by atoms with Crippen molar-refractivity contribution < 1.29 is 4.79 Å². The first-order valence-corrected chi connectivity index (χ1v) is 5.86. The first-order chi connectivity index (χ1) is 8.65. The molecular weight excluding hydrogens is 228 g/mol. The highest BCUT2D eigenvalue weighted by Gasteiger charge is 2.16. The van der Waals surface area contributed by atoms with Crippen LogP contribution in [0, 0.1) is 6.92 Å². The van der Waals surface area contributed by atoms with Gasteiger partial charge in [0, 0.05) is 18.3 Å². The highest BCUT2D eigenvalue weighted by atomic mass is 16.1. The normalized spacial score (nSPS) is 14.7. The van der Waals surface area contributed by atoms with Crippen molar-refractivity contribution >= 4 is 22.5 Å². The van der Waals surface area contributed by atoms with Crippen LogP contribution in [0.2, 0.25) is 0 Å². The van der Waals surface area contributed by atoms with E-state index in [9.17, 15) is 4.79 Å². The number of aryl methyl sites for hydroxylation is 1. The van der Waals surface area contributed by atoms with Crippen molar-refractivity contribution in [1.82, 2.24) is 15.4 Å². The average molecular weight is 242 g/mol. The van der Waals surface area contributed by atoms with Gasteiger partial charge in [-0.05, 0) is 26.0 Å². The van der Waals surface area contributed by atoms with Gasteiger partial charge in [-0.1, -0.05) is 6.08 Å². The number of carbonyl (C=O) groups is 1. The van der Waals surface area contributed by atoms with Gasteiger partial charge in [0.1, 0.15) is 5.82 Å². The van der Waals surface area contributed by atoms with Gasteiger partial charge >= 0.3 is 0 Å². The number of nitrogens with zero attached hydrogens (tertiary/aromatic N) is 2. The monoisotopic (exact) mass is 242 g/mol. The molecule has 92 valence electrons. The number of benzene rings is 1. The molecule has 0 saturated carbocycles. The molecule has 0 bridgehead atoms. The van der Waals surface area contributed by atoms with E-state index in [0.717, 1.165) is 29.1 Å². The molecule has 0 amide bonds. The summed E-state index contributed by atoms with van der Waals surface area (Å²) in [4.78, 5) is 19.3. The van der Waals surface area contributed by atoms with E-state index >= 15 is 0 Å². The molecule has 0 aliphatic carbocycles. The summed E-state index contributed by atoms with van der Waals surface area (Å²) in [5, 5.41) is 1.86. The van der Waals surface area contributed by atoms with Crippen molar-refractivity contribution in [3.8, 4) is 0 Å². The van der Waals surface area contributed by atoms with Gasteiger partial charge in [0.2, 0.25) is 0 Å². The van der Waals surface area contributed by atoms with Crippen LogP contribution in [0.4, 0.5) is 5.69 Å². The van der Waals surface area contributed by atoms with Crippen LogP contribution in [0.15, 0.2) is 24.4 Å². The van der Waals surface area contributed by atoms with Crippen molar-refractivity contribution in [2.45, 2.75) is 13.8 Å². The van der Waals surface area contributed by atoms with Crippen molar-refractivity contribution in [1.29, 1.82) is 0 Å². The van der Waals surface area contributed by atoms with Crippen LogP contribution in [-0.4, -0.2) is 22.3 Å². The number of H-pyrrole nitrogens is 1. The molecule has 18 heavy (non-hydrogen) atoms. The molecule has 1 aliphatic rings. The highest BCUT2D eigenvalue weighted by Crippen LogP contribution is 2.26. The Bertz CT molecular complexity index is 656. The number of fused-ring (bicyclic) bond motifs is 1. The minimum absolute atomic E-state index is 0.0428. The van der Waals surface area contributed by atoms with Gasteiger partial charge in [0.05, 0.1) is 16.7 Å². The van der Waals surface area contributed by atoms with Gasteiger partial charge < -0.3 is 4.98 Å². The SMILES string of the molecule is CC(=O)c1cc2[nH]c(C)nc2cc1N1C=CCN1. The number of aromatic nitrogens is 2. The summed E-state index contributed by atoms with van der Waals surface area (Å²) in [6, 6.07) is 3.79. The number of hydrogen-bond donors (Lipinski definition) is 2. The van der Waals surface area contributed by atoms with Crippen LogP contribution >= 0.6 is 0 Å². The molecule has 1 aromatic carbocycles. The number of nitrogens with one attached hydrogen (secondary N) is 2. The summed E-state index contributed by atoms with van der Waals surface area (Å²) in [5.41, 5.74) is 6.46. The lowest BCUT2D eigenvalue weighted by Crippen LogP contribution is -2.29. The Balaban J connectivity index is 2.22. The number of Topliss-reactive ketones (excluding diaryl/α,β-unsaturated/α-hetero) is 1. The first-order valence-electron chi connectivity index (χ1n) is 5.86. The fraction of sp³-hybridized carbons (Fsp3) is 0.231. The number of ketones is 1. The maximum Gasteiger partial charge on any atom is 0.162 e. The molecule has 2 aromatic rings. The topological polar surface area (TPSA) is 61.0 Å². The van der Waals surface area contributed by atoms with Gasteiger partial charge in [-0.15, -0.1) is 0 Å². The third-order valence-electron chi connectivity index (χ3n) is 2.99. The predicted molar refractivity (Wildman–Crippen MR) is 70.5 cm³/mol. The zero-order chi connectivity index (χ0) is 12.7. The molecule has 0 fully saturated rings. The third-order valence-corrected chi connectivity index (χ3v) is 2.99. The Morgan fingerprint density at radius 2 is 2.28 bits per heavy atom. The molecular formula is C13H14N4O.